The molecular formula is C52H60F6N8O8. The summed E-state index contributed by atoms with van der Waals surface area (Å²) in [7, 11) is 1.54. The number of carbonyl (C=O) groups excluding carboxylic acids is 8. The monoisotopic (exact) mass is 1040 g/mol. The number of alkyl halides is 6. The Morgan fingerprint density at radius 3 is 1.31 bits per heavy atom. The average Bonchev–Trinajstić information content (AvgIpc) is 4.08. The van der Waals surface area contributed by atoms with Gasteiger partial charge >= 0.3 is 24.2 Å². The third kappa shape index (κ3) is 13.5. The highest BCUT2D eigenvalue weighted by Crippen LogP contribution is 2.32. The molecule has 2 saturated heterocycles. The number of fused-ring (bicyclic) bond motifs is 2. The van der Waals surface area contributed by atoms with E-state index in [1.807, 2.05) is 48.5 Å². The molecule has 2 aromatic rings. The van der Waals surface area contributed by atoms with Crippen LogP contribution in [0.3, 0.4) is 0 Å². The SMILES string of the molecule is CC(C(=O)NC(CC#CC#CCC(NC(=O)C(C)N(C)C(=O)C(F)(F)F)C(=O)N1CCCC1C(=O)NC1CCCc2ccccc21)C(=O)N1CCCC1C(=O)NC1CCCc2ccccc21)N(C)C(=O)C(F)(F)F. The van der Waals surface area contributed by atoms with Gasteiger partial charge in [-0.15, -0.1) is 0 Å². The first-order chi connectivity index (χ1) is 35.0. The van der Waals surface area contributed by atoms with E-state index in [0.29, 0.717) is 25.7 Å². The number of carbonyl (C=O) groups is 8. The zero-order chi connectivity index (χ0) is 54.1. The predicted molar refractivity (Wildman–Crippen MR) is 255 cm³/mol. The standard InChI is InChI=1S/C52H60F6N8O8/c1-31(63(3)49(73)51(53,54)55)43(67)61-39(47(71)65-29-15-27-41(65)45(69)59-37-25-13-19-33-17-9-11-21-35(33)37)23-7-5-6-8-24-40(62-44(68)32(2)64(4)50(74)52(56,57)58)48(72)66-30-16-28-42(66)46(70)60-38-26-14-20-34-18-10-12-22-36(34)38/h9-12,17-18,21-22,31-32,37-42H,13-16,19-20,23-30H2,1-4H3,(H,59,69)(H,60,70)(H,61,67)(H,62,68). The molecule has 8 atom stereocenters. The lowest BCUT2D eigenvalue weighted by Crippen LogP contribution is -2.57. The quantitative estimate of drug-likeness (QED) is 0.161. The van der Waals surface area contributed by atoms with Crippen LogP contribution in [0.5, 0.6) is 0 Å². The van der Waals surface area contributed by atoms with Gasteiger partial charge in [-0.2, -0.15) is 26.3 Å². The lowest BCUT2D eigenvalue weighted by Gasteiger charge is -2.32. The molecule has 2 aromatic carbocycles. The van der Waals surface area contributed by atoms with Crippen molar-refractivity contribution in [1.29, 1.82) is 0 Å². The summed E-state index contributed by atoms with van der Waals surface area (Å²) < 4.78 is 80.0. The summed E-state index contributed by atoms with van der Waals surface area (Å²) in [5, 5.41) is 10.9. The van der Waals surface area contributed by atoms with Crippen LogP contribution in [0.4, 0.5) is 26.3 Å². The van der Waals surface area contributed by atoms with Crippen LogP contribution in [0.1, 0.15) is 112 Å². The molecular weight excluding hydrogens is 979 g/mol. The van der Waals surface area contributed by atoms with Gasteiger partial charge in [0, 0.05) is 40.0 Å². The van der Waals surface area contributed by atoms with Crippen LogP contribution in [0.25, 0.3) is 0 Å². The lowest BCUT2D eigenvalue weighted by atomic mass is 9.87. The Labute approximate surface area is 425 Å². The smallest absolute Gasteiger partial charge is 0.347 e. The van der Waals surface area contributed by atoms with Crippen molar-refractivity contribution in [3.05, 3.63) is 70.8 Å². The summed E-state index contributed by atoms with van der Waals surface area (Å²) in [6, 6.07) is 6.19. The fourth-order valence-electron chi connectivity index (χ4n) is 9.83. The van der Waals surface area contributed by atoms with Crippen LogP contribution < -0.4 is 21.3 Å². The number of hydrogen-bond donors (Lipinski definition) is 4. The lowest BCUT2D eigenvalue weighted by molar-refractivity contribution is -0.186. The van der Waals surface area contributed by atoms with Gasteiger partial charge in [0.25, 0.3) is 0 Å². The predicted octanol–water partition coefficient (Wildman–Crippen LogP) is 3.93. The summed E-state index contributed by atoms with van der Waals surface area (Å²) in [6.07, 6.45) is -5.64. The van der Waals surface area contributed by atoms with Crippen molar-refractivity contribution < 1.29 is 64.7 Å². The van der Waals surface area contributed by atoms with Crippen molar-refractivity contribution >= 4 is 47.3 Å². The number of likely N-dealkylation sites (tertiary alicyclic amines) is 2. The minimum atomic E-state index is -5.31. The molecule has 4 aliphatic rings. The molecule has 6 rings (SSSR count). The first-order valence-electron chi connectivity index (χ1n) is 24.6. The largest absolute Gasteiger partial charge is 0.471 e. The van der Waals surface area contributed by atoms with Crippen molar-refractivity contribution in [3.63, 3.8) is 0 Å². The highest BCUT2D eigenvalue weighted by molar-refractivity contribution is 5.96. The van der Waals surface area contributed by atoms with Crippen molar-refractivity contribution in [3.8, 4) is 23.7 Å². The Kier molecular flexibility index (Phi) is 18.4. The van der Waals surface area contributed by atoms with Gasteiger partial charge in [-0.25, -0.2) is 0 Å². The molecule has 2 heterocycles. The maximum Gasteiger partial charge on any atom is 0.471 e. The van der Waals surface area contributed by atoms with E-state index in [1.165, 1.54) is 9.80 Å². The first-order valence-corrected chi connectivity index (χ1v) is 24.6. The molecule has 2 aliphatic carbocycles. The fraction of sp³-hybridized carbons (Fsp3) is 0.538. The zero-order valence-electron chi connectivity index (χ0n) is 41.5. The Morgan fingerprint density at radius 2 is 0.946 bits per heavy atom. The molecule has 398 valence electrons. The number of nitrogens with zero attached hydrogens (tertiary/aromatic N) is 4. The molecule has 2 aliphatic heterocycles. The Bertz CT molecular complexity index is 2430. The van der Waals surface area contributed by atoms with Crippen LogP contribution in [0, 0.1) is 23.7 Å². The Morgan fingerprint density at radius 1 is 0.581 bits per heavy atom. The zero-order valence-corrected chi connectivity index (χ0v) is 41.5. The second-order valence-electron chi connectivity index (χ2n) is 19.0. The molecule has 74 heavy (non-hydrogen) atoms. The van der Waals surface area contributed by atoms with Crippen molar-refractivity contribution in [2.75, 3.05) is 27.2 Å². The molecule has 8 amide bonds. The van der Waals surface area contributed by atoms with Gasteiger partial charge in [-0.3, -0.25) is 38.4 Å². The first kappa shape index (κ1) is 56.2. The van der Waals surface area contributed by atoms with Crippen LogP contribution in [-0.4, -0.2) is 143 Å². The van der Waals surface area contributed by atoms with E-state index in [4.69, 9.17) is 0 Å². The highest BCUT2D eigenvalue weighted by atomic mass is 19.4. The highest BCUT2D eigenvalue weighted by Gasteiger charge is 2.46. The van der Waals surface area contributed by atoms with Gasteiger partial charge in [0.15, 0.2) is 0 Å². The van der Waals surface area contributed by atoms with Crippen LogP contribution in [0.2, 0.25) is 0 Å². The number of rotatable bonds is 14. The number of amides is 8. The summed E-state index contributed by atoms with van der Waals surface area (Å²) in [5.41, 5.74) is 4.09. The molecule has 22 heteroatoms. The number of likely N-dealkylation sites (N-methyl/N-ethyl adjacent to an activating group) is 2. The minimum Gasteiger partial charge on any atom is -0.347 e. The summed E-state index contributed by atoms with van der Waals surface area (Å²) in [6.45, 7) is 2.24. The minimum absolute atomic E-state index is 0.0911. The van der Waals surface area contributed by atoms with E-state index >= 15 is 0 Å². The van der Waals surface area contributed by atoms with Gasteiger partial charge in [0.1, 0.15) is 36.3 Å². The second-order valence-corrected chi connectivity index (χ2v) is 19.0. The van der Waals surface area contributed by atoms with Crippen molar-refractivity contribution in [2.45, 2.75) is 152 Å². The maximum absolute atomic E-state index is 14.3. The molecule has 16 nitrogen and oxygen atoms in total. The normalized spacial score (nSPS) is 20.8. The summed E-state index contributed by atoms with van der Waals surface area (Å²) in [4.78, 5) is 110. The van der Waals surface area contributed by atoms with E-state index in [0.717, 1.165) is 75.9 Å². The molecule has 4 N–H and O–H groups in total. The molecule has 0 bridgehead atoms. The summed E-state index contributed by atoms with van der Waals surface area (Å²) >= 11 is 0. The van der Waals surface area contributed by atoms with E-state index < -0.39 is 109 Å². The van der Waals surface area contributed by atoms with Crippen LogP contribution in [-0.2, 0) is 51.2 Å². The molecule has 8 unspecified atom stereocenters. The van der Waals surface area contributed by atoms with E-state index in [-0.39, 0.29) is 47.8 Å². The van der Waals surface area contributed by atoms with Gasteiger partial charge in [0.2, 0.25) is 35.4 Å². The van der Waals surface area contributed by atoms with Crippen LogP contribution >= 0.6 is 0 Å². The van der Waals surface area contributed by atoms with Crippen LogP contribution in [0.15, 0.2) is 48.5 Å². The van der Waals surface area contributed by atoms with Gasteiger partial charge in [-0.05, 0) is 112 Å². The number of benzene rings is 2. The van der Waals surface area contributed by atoms with Gasteiger partial charge in [-0.1, -0.05) is 60.4 Å². The molecule has 0 aromatic heterocycles. The van der Waals surface area contributed by atoms with E-state index in [2.05, 4.69) is 44.9 Å². The topological polar surface area (TPSA) is 198 Å². The van der Waals surface area contributed by atoms with Crippen molar-refractivity contribution in [1.82, 2.24) is 40.9 Å². The number of nitrogens with one attached hydrogen (secondary N) is 4. The maximum atomic E-state index is 14.3. The van der Waals surface area contributed by atoms with E-state index in [1.54, 1.807) is 0 Å². The Balaban J connectivity index is 1.21. The number of aryl methyl sites for hydroxylation is 2. The van der Waals surface area contributed by atoms with Crippen molar-refractivity contribution in [2.24, 2.45) is 0 Å². The third-order valence-electron chi connectivity index (χ3n) is 14.2. The van der Waals surface area contributed by atoms with Gasteiger partial charge in [0.05, 0.1) is 12.1 Å². The third-order valence-corrected chi connectivity index (χ3v) is 14.2. The molecule has 0 spiro atoms. The number of halogens is 6. The Hall–Kier alpha value is -7.10. The summed E-state index contributed by atoms with van der Waals surface area (Å²) in [5.74, 6) is 0.880. The van der Waals surface area contributed by atoms with E-state index in [9.17, 15) is 64.7 Å². The van der Waals surface area contributed by atoms with Gasteiger partial charge < -0.3 is 40.9 Å². The second kappa shape index (κ2) is 24.3. The molecule has 0 saturated carbocycles. The fourth-order valence-corrected chi connectivity index (χ4v) is 9.83. The number of hydrogen-bond acceptors (Lipinski definition) is 8. The average molecular weight is 1040 g/mol. The molecule has 2 fully saturated rings. The molecule has 0 radical (unpaired) electrons.